The number of hydrogen-bond acceptors (Lipinski definition) is 1. The normalized spacial score (nSPS) is 12.7. The predicted octanol–water partition coefficient (Wildman–Crippen LogP) is 5.84. The minimum atomic E-state index is 0.350. The second kappa shape index (κ2) is 5.67. The highest BCUT2D eigenvalue weighted by atomic mass is 79.9. The quantitative estimate of drug-likeness (QED) is 0.587. The molecule has 0 saturated heterocycles. The van der Waals surface area contributed by atoms with Gasteiger partial charge in [0, 0.05) is 14.4 Å². The number of thiophene rings is 1. The van der Waals surface area contributed by atoms with Crippen LogP contribution in [-0.4, -0.2) is 0 Å². The van der Waals surface area contributed by atoms with Crippen LogP contribution >= 0.6 is 54.8 Å². The van der Waals surface area contributed by atoms with Gasteiger partial charge in [0.25, 0.3) is 0 Å². The predicted molar refractivity (Wildman–Crippen MR) is 78.8 cm³/mol. The SMILES string of the molecule is Clc1ccc(CC(Br)c2sccc2Br)cc1. The molecule has 0 N–H and O–H groups in total. The highest BCUT2D eigenvalue weighted by Crippen LogP contribution is 2.36. The number of alkyl halides is 1. The van der Waals surface area contributed by atoms with Crippen LogP contribution in [0.4, 0.5) is 0 Å². The van der Waals surface area contributed by atoms with Gasteiger partial charge in [0.1, 0.15) is 0 Å². The van der Waals surface area contributed by atoms with E-state index in [-0.39, 0.29) is 0 Å². The molecule has 2 aromatic rings. The fourth-order valence-electron chi connectivity index (χ4n) is 1.45. The first kappa shape index (κ1) is 12.6. The monoisotopic (exact) mass is 378 g/mol. The fraction of sp³-hybridized carbons (Fsp3) is 0.167. The summed E-state index contributed by atoms with van der Waals surface area (Å²) in [5, 5.41) is 2.88. The maximum atomic E-state index is 5.86. The summed E-state index contributed by atoms with van der Waals surface area (Å²) in [5.74, 6) is 0. The molecule has 0 spiro atoms. The summed E-state index contributed by atoms with van der Waals surface area (Å²) in [7, 11) is 0. The van der Waals surface area contributed by atoms with Crippen LogP contribution in [0, 0.1) is 0 Å². The Balaban J connectivity index is 2.10. The zero-order valence-electron chi connectivity index (χ0n) is 8.29. The third-order valence-electron chi connectivity index (χ3n) is 2.26. The van der Waals surface area contributed by atoms with Crippen molar-refractivity contribution >= 4 is 54.8 Å². The minimum Gasteiger partial charge on any atom is -0.147 e. The van der Waals surface area contributed by atoms with E-state index in [4.69, 9.17) is 11.6 Å². The van der Waals surface area contributed by atoms with Gasteiger partial charge in [-0.15, -0.1) is 11.3 Å². The minimum absolute atomic E-state index is 0.350. The van der Waals surface area contributed by atoms with E-state index >= 15 is 0 Å². The van der Waals surface area contributed by atoms with E-state index in [0.29, 0.717) is 4.83 Å². The Kier molecular flexibility index (Phi) is 4.48. The van der Waals surface area contributed by atoms with Crippen molar-refractivity contribution in [1.29, 1.82) is 0 Å². The van der Waals surface area contributed by atoms with Crippen molar-refractivity contribution in [2.24, 2.45) is 0 Å². The summed E-state index contributed by atoms with van der Waals surface area (Å²) < 4.78 is 1.17. The van der Waals surface area contributed by atoms with E-state index in [1.165, 1.54) is 14.9 Å². The van der Waals surface area contributed by atoms with Crippen molar-refractivity contribution in [2.75, 3.05) is 0 Å². The second-order valence-corrected chi connectivity index (χ2v) is 6.77. The Hall–Kier alpha value is 0.170. The lowest BCUT2D eigenvalue weighted by atomic mass is 10.1. The molecule has 0 aliphatic heterocycles. The molecular formula is C12H9Br2ClS. The van der Waals surface area contributed by atoms with Crippen LogP contribution in [-0.2, 0) is 6.42 Å². The smallest absolute Gasteiger partial charge is 0.0540 e. The van der Waals surface area contributed by atoms with Gasteiger partial charge in [0.05, 0.1) is 4.83 Å². The molecule has 0 saturated carbocycles. The third-order valence-corrected chi connectivity index (χ3v) is 5.58. The van der Waals surface area contributed by atoms with E-state index in [1.807, 2.05) is 12.1 Å². The van der Waals surface area contributed by atoms with Gasteiger partial charge in [-0.05, 0) is 51.5 Å². The van der Waals surface area contributed by atoms with Gasteiger partial charge < -0.3 is 0 Å². The maximum Gasteiger partial charge on any atom is 0.0540 e. The number of hydrogen-bond donors (Lipinski definition) is 0. The van der Waals surface area contributed by atoms with E-state index < -0.39 is 0 Å². The van der Waals surface area contributed by atoms with E-state index in [0.717, 1.165) is 11.4 Å². The summed E-state index contributed by atoms with van der Waals surface area (Å²) >= 11 is 14.9. The zero-order chi connectivity index (χ0) is 11.5. The fourth-order valence-corrected chi connectivity index (χ4v) is 4.45. The summed E-state index contributed by atoms with van der Waals surface area (Å²) in [6.07, 6.45) is 0.969. The van der Waals surface area contributed by atoms with Crippen molar-refractivity contribution in [2.45, 2.75) is 11.2 Å². The van der Waals surface area contributed by atoms with Crippen LogP contribution in [0.5, 0.6) is 0 Å². The van der Waals surface area contributed by atoms with Crippen LogP contribution in [0.15, 0.2) is 40.2 Å². The molecule has 1 atom stereocenters. The Morgan fingerprint density at radius 3 is 2.44 bits per heavy atom. The Morgan fingerprint density at radius 1 is 1.19 bits per heavy atom. The Morgan fingerprint density at radius 2 is 1.88 bits per heavy atom. The molecule has 16 heavy (non-hydrogen) atoms. The van der Waals surface area contributed by atoms with Crippen molar-refractivity contribution in [1.82, 2.24) is 0 Å². The van der Waals surface area contributed by atoms with E-state index in [9.17, 15) is 0 Å². The Labute approximate surface area is 121 Å². The average Bonchev–Trinajstić information content (AvgIpc) is 2.68. The molecule has 0 nitrogen and oxygen atoms in total. The lowest BCUT2D eigenvalue weighted by molar-refractivity contribution is 0.965. The number of benzene rings is 1. The van der Waals surface area contributed by atoms with Gasteiger partial charge in [-0.1, -0.05) is 39.7 Å². The topological polar surface area (TPSA) is 0 Å². The van der Waals surface area contributed by atoms with Crippen molar-refractivity contribution < 1.29 is 0 Å². The standard InChI is InChI=1S/C12H9Br2ClS/c13-10-5-6-16-12(10)11(14)7-8-1-3-9(15)4-2-8/h1-6,11H,7H2. The van der Waals surface area contributed by atoms with Crippen LogP contribution in [0.1, 0.15) is 15.3 Å². The molecule has 0 amide bonds. The molecule has 0 aliphatic carbocycles. The van der Waals surface area contributed by atoms with Gasteiger partial charge in [-0.2, -0.15) is 0 Å². The molecule has 1 unspecified atom stereocenters. The highest BCUT2D eigenvalue weighted by molar-refractivity contribution is 9.11. The van der Waals surface area contributed by atoms with Crippen LogP contribution in [0.25, 0.3) is 0 Å². The number of rotatable bonds is 3. The van der Waals surface area contributed by atoms with E-state index in [1.54, 1.807) is 11.3 Å². The first-order chi connectivity index (χ1) is 7.66. The number of halogens is 3. The molecule has 1 aromatic heterocycles. The molecule has 1 heterocycles. The third kappa shape index (κ3) is 3.10. The van der Waals surface area contributed by atoms with Gasteiger partial charge in [-0.3, -0.25) is 0 Å². The molecule has 0 aliphatic rings. The first-order valence-electron chi connectivity index (χ1n) is 4.78. The molecule has 84 valence electrons. The van der Waals surface area contributed by atoms with E-state index in [2.05, 4.69) is 55.4 Å². The first-order valence-corrected chi connectivity index (χ1v) is 7.75. The summed E-state index contributed by atoms with van der Waals surface area (Å²) in [5.41, 5.74) is 1.28. The van der Waals surface area contributed by atoms with Crippen LogP contribution in [0.2, 0.25) is 5.02 Å². The highest BCUT2D eigenvalue weighted by Gasteiger charge is 2.13. The largest absolute Gasteiger partial charge is 0.147 e. The molecule has 0 fully saturated rings. The molecule has 1 aromatic carbocycles. The molecular weight excluding hydrogens is 371 g/mol. The van der Waals surface area contributed by atoms with Gasteiger partial charge in [0.2, 0.25) is 0 Å². The average molecular weight is 381 g/mol. The zero-order valence-corrected chi connectivity index (χ0v) is 13.0. The maximum absolute atomic E-state index is 5.86. The second-order valence-electron chi connectivity index (χ2n) is 3.43. The van der Waals surface area contributed by atoms with Crippen LogP contribution in [0.3, 0.4) is 0 Å². The Bertz CT molecular complexity index is 464. The van der Waals surface area contributed by atoms with Gasteiger partial charge >= 0.3 is 0 Å². The molecule has 0 radical (unpaired) electrons. The summed E-state index contributed by atoms with van der Waals surface area (Å²) in [6, 6.07) is 10.1. The summed E-state index contributed by atoms with van der Waals surface area (Å²) in [4.78, 5) is 1.68. The van der Waals surface area contributed by atoms with Crippen molar-refractivity contribution in [3.8, 4) is 0 Å². The van der Waals surface area contributed by atoms with Gasteiger partial charge in [0.15, 0.2) is 0 Å². The van der Waals surface area contributed by atoms with Crippen molar-refractivity contribution in [3.05, 3.63) is 55.6 Å². The summed E-state index contributed by atoms with van der Waals surface area (Å²) in [6.45, 7) is 0. The van der Waals surface area contributed by atoms with Gasteiger partial charge in [-0.25, -0.2) is 0 Å². The molecule has 0 bridgehead atoms. The van der Waals surface area contributed by atoms with Crippen molar-refractivity contribution in [3.63, 3.8) is 0 Å². The van der Waals surface area contributed by atoms with Crippen LogP contribution < -0.4 is 0 Å². The molecule has 2 rings (SSSR count). The lowest BCUT2D eigenvalue weighted by Gasteiger charge is -2.08. The lowest BCUT2D eigenvalue weighted by Crippen LogP contribution is -1.93. The molecule has 4 heteroatoms.